The predicted octanol–water partition coefficient (Wildman–Crippen LogP) is 5.12. The third-order valence-corrected chi connectivity index (χ3v) is 4.62. The first kappa shape index (κ1) is 14.3. The zero-order valence-corrected chi connectivity index (χ0v) is 13.9. The molecule has 0 amide bonds. The Balaban J connectivity index is 2.20. The molecule has 3 heteroatoms. The Hall–Kier alpha value is -1.61. The molecule has 1 aliphatic rings. The Morgan fingerprint density at radius 2 is 1.95 bits per heavy atom. The van der Waals surface area contributed by atoms with Gasteiger partial charge < -0.3 is 4.90 Å². The summed E-state index contributed by atoms with van der Waals surface area (Å²) in [5.41, 5.74) is 4.35. The van der Waals surface area contributed by atoms with Gasteiger partial charge in [0.2, 0.25) is 0 Å². The molecule has 0 saturated heterocycles. The van der Waals surface area contributed by atoms with Gasteiger partial charge in [-0.1, -0.05) is 34.1 Å². The molecule has 0 radical (unpaired) electrons. The summed E-state index contributed by atoms with van der Waals surface area (Å²) >= 11 is 3.53. The third-order valence-electron chi connectivity index (χ3n) is 4.12. The van der Waals surface area contributed by atoms with Gasteiger partial charge in [-0.3, -0.25) is 4.79 Å². The van der Waals surface area contributed by atoms with Gasteiger partial charge in [0.05, 0.1) is 5.69 Å². The fraction of sp³-hybridized carbons (Fsp3) is 0.278. The van der Waals surface area contributed by atoms with E-state index in [1.807, 2.05) is 12.1 Å². The number of para-hydroxylation sites is 1. The zero-order chi connectivity index (χ0) is 15.0. The van der Waals surface area contributed by atoms with Crippen LogP contribution in [0.1, 0.15) is 36.2 Å². The van der Waals surface area contributed by atoms with Gasteiger partial charge in [-0.25, -0.2) is 0 Å². The fourth-order valence-corrected chi connectivity index (χ4v) is 3.41. The van der Waals surface area contributed by atoms with Gasteiger partial charge >= 0.3 is 0 Å². The number of halogens is 1. The highest BCUT2D eigenvalue weighted by Gasteiger charge is 2.26. The van der Waals surface area contributed by atoms with Crippen molar-refractivity contribution in [2.75, 3.05) is 4.90 Å². The molecule has 2 aromatic carbocycles. The zero-order valence-electron chi connectivity index (χ0n) is 12.3. The average Bonchev–Trinajstić information content (AvgIpc) is 2.46. The summed E-state index contributed by atoms with van der Waals surface area (Å²) in [6.45, 7) is 3.86. The number of benzene rings is 2. The number of fused-ring (bicyclic) bond motifs is 1. The minimum atomic E-state index is 0.104. The number of nitrogens with zero attached hydrogens (tertiary/aromatic N) is 1. The van der Waals surface area contributed by atoms with Crippen LogP contribution in [-0.4, -0.2) is 11.8 Å². The Bertz CT molecular complexity index is 695. The van der Waals surface area contributed by atoms with E-state index in [2.05, 4.69) is 58.1 Å². The molecule has 0 spiro atoms. The van der Waals surface area contributed by atoms with Crippen LogP contribution in [0.4, 0.5) is 11.4 Å². The maximum atomic E-state index is 12.0. The van der Waals surface area contributed by atoms with Crippen LogP contribution in [0.2, 0.25) is 0 Å². The summed E-state index contributed by atoms with van der Waals surface area (Å²) in [5, 5.41) is 0. The molecule has 108 valence electrons. The standard InChI is InChI=1S/C18H18BrNO/c1-12-7-8-14-5-3-4-6-17(14)20(12)18-11-15(19)9-10-16(18)13(2)21/h3-6,9-12H,7-8H2,1-2H3. The van der Waals surface area contributed by atoms with Crippen LogP contribution in [0.3, 0.4) is 0 Å². The summed E-state index contributed by atoms with van der Waals surface area (Å²) in [4.78, 5) is 14.3. The van der Waals surface area contributed by atoms with Crippen molar-refractivity contribution < 1.29 is 4.79 Å². The molecule has 2 aromatic rings. The molecular formula is C18H18BrNO. The molecule has 0 aromatic heterocycles. The average molecular weight is 344 g/mol. The molecule has 3 rings (SSSR count). The molecule has 21 heavy (non-hydrogen) atoms. The number of carbonyl (C=O) groups excluding carboxylic acids is 1. The number of anilines is 2. The van der Waals surface area contributed by atoms with Crippen LogP contribution in [0.5, 0.6) is 0 Å². The van der Waals surface area contributed by atoms with Crippen LogP contribution < -0.4 is 4.90 Å². The van der Waals surface area contributed by atoms with Gasteiger partial charge in [0.25, 0.3) is 0 Å². The van der Waals surface area contributed by atoms with Gasteiger partial charge in [-0.05, 0) is 56.5 Å². The lowest BCUT2D eigenvalue weighted by Crippen LogP contribution is -2.34. The van der Waals surface area contributed by atoms with Gasteiger partial charge in [-0.2, -0.15) is 0 Å². The smallest absolute Gasteiger partial charge is 0.161 e. The number of aryl methyl sites for hydroxylation is 1. The number of ketones is 1. The molecule has 2 nitrogen and oxygen atoms in total. The van der Waals surface area contributed by atoms with Gasteiger partial charge in [0, 0.05) is 21.8 Å². The minimum Gasteiger partial charge on any atom is -0.338 e. The molecule has 0 N–H and O–H groups in total. The van der Waals surface area contributed by atoms with E-state index in [1.165, 1.54) is 11.3 Å². The number of hydrogen-bond acceptors (Lipinski definition) is 2. The number of carbonyl (C=O) groups is 1. The topological polar surface area (TPSA) is 20.3 Å². The third kappa shape index (κ3) is 2.62. The van der Waals surface area contributed by atoms with Crippen LogP contribution in [0.25, 0.3) is 0 Å². The van der Waals surface area contributed by atoms with E-state index < -0.39 is 0 Å². The SMILES string of the molecule is CC(=O)c1ccc(Br)cc1N1c2ccccc2CCC1C. The lowest BCUT2D eigenvalue weighted by Gasteiger charge is -2.38. The maximum absolute atomic E-state index is 12.0. The van der Waals surface area contributed by atoms with Crippen molar-refractivity contribution in [3.8, 4) is 0 Å². The number of Topliss-reactive ketones (excluding diaryl/α,β-unsaturated/α-hetero) is 1. The van der Waals surface area contributed by atoms with Crippen LogP contribution in [-0.2, 0) is 6.42 Å². The highest BCUT2D eigenvalue weighted by atomic mass is 79.9. The van der Waals surface area contributed by atoms with E-state index in [9.17, 15) is 4.79 Å². The summed E-state index contributed by atoms with van der Waals surface area (Å²) < 4.78 is 0.998. The highest BCUT2D eigenvalue weighted by Crippen LogP contribution is 2.39. The lowest BCUT2D eigenvalue weighted by atomic mass is 9.94. The minimum absolute atomic E-state index is 0.104. The Morgan fingerprint density at radius 3 is 2.71 bits per heavy atom. The second-order valence-corrected chi connectivity index (χ2v) is 6.52. The van der Waals surface area contributed by atoms with Gasteiger partial charge in [-0.15, -0.1) is 0 Å². The Kier molecular flexibility index (Phi) is 3.85. The monoisotopic (exact) mass is 343 g/mol. The van der Waals surface area contributed by atoms with E-state index in [-0.39, 0.29) is 5.78 Å². The largest absolute Gasteiger partial charge is 0.338 e. The van der Waals surface area contributed by atoms with Crippen molar-refractivity contribution in [3.05, 3.63) is 58.1 Å². The Morgan fingerprint density at radius 1 is 1.19 bits per heavy atom. The second-order valence-electron chi connectivity index (χ2n) is 5.60. The fourth-order valence-electron chi connectivity index (χ4n) is 3.06. The van der Waals surface area contributed by atoms with Crippen molar-refractivity contribution in [3.63, 3.8) is 0 Å². The summed E-state index contributed by atoms with van der Waals surface area (Å²) in [6, 6.07) is 14.7. The van der Waals surface area contributed by atoms with Crippen LogP contribution in [0, 0.1) is 0 Å². The first-order chi connectivity index (χ1) is 10.1. The lowest BCUT2D eigenvalue weighted by molar-refractivity contribution is 0.101. The number of hydrogen-bond donors (Lipinski definition) is 0. The molecule has 0 aliphatic carbocycles. The van der Waals surface area contributed by atoms with Gasteiger partial charge in [0.15, 0.2) is 5.78 Å². The quantitative estimate of drug-likeness (QED) is 0.705. The van der Waals surface area contributed by atoms with E-state index in [4.69, 9.17) is 0 Å². The van der Waals surface area contributed by atoms with E-state index in [0.29, 0.717) is 6.04 Å². The molecular weight excluding hydrogens is 326 g/mol. The normalized spacial score (nSPS) is 17.5. The summed E-state index contributed by atoms with van der Waals surface area (Å²) in [7, 11) is 0. The van der Waals surface area contributed by atoms with Gasteiger partial charge in [0.1, 0.15) is 0 Å². The van der Waals surface area contributed by atoms with Crippen LogP contribution >= 0.6 is 15.9 Å². The van der Waals surface area contributed by atoms with Crippen LogP contribution in [0.15, 0.2) is 46.9 Å². The van der Waals surface area contributed by atoms with Crippen molar-refractivity contribution >= 4 is 33.1 Å². The predicted molar refractivity (Wildman–Crippen MR) is 90.5 cm³/mol. The summed E-state index contributed by atoms with van der Waals surface area (Å²) in [5.74, 6) is 0.104. The van der Waals surface area contributed by atoms with Crippen molar-refractivity contribution in [2.45, 2.75) is 32.7 Å². The van der Waals surface area contributed by atoms with Crippen molar-refractivity contribution in [1.29, 1.82) is 0 Å². The Labute approximate surface area is 133 Å². The van der Waals surface area contributed by atoms with E-state index in [0.717, 1.165) is 28.6 Å². The van der Waals surface area contributed by atoms with E-state index >= 15 is 0 Å². The molecule has 1 atom stereocenters. The second kappa shape index (κ2) is 5.64. The number of rotatable bonds is 2. The molecule has 0 saturated carbocycles. The first-order valence-electron chi connectivity index (χ1n) is 7.25. The molecule has 1 heterocycles. The van der Waals surface area contributed by atoms with E-state index in [1.54, 1.807) is 6.92 Å². The molecule has 0 fully saturated rings. The van der Waals surface area contributed by atoms with Crippen molar-refractivity contribution in [1.82, 2.24) is 0 Å². The summed E-state index contributed by atoms with van der Waals surface area (Å²) in [6.07, 6.45) is 2.19. The molecule has 0 bridgehead atoms. The van der Waals surface area contributed by atoms with Crippen molar-refractivity contribution in [2.24, 2.45) is 0 Å². The first-order valence-corrected chi connectivity index (χ1v) is 8.05. The maximum Gasteiger partial charge on any atom is 0.161 e. The highest BCUT2D eigenvalue weighted by molar-refractivity contribution is 9.10. The molecule has 1 unspecified atom stereocenters. The molecule has 1 aliphatic heterocycles.